The van der Waals surface area contributed by atoms with E-state index in [1.807, 2.05) is 13.8 Å². The lowest BCUT2D eigenvalue weighted by Gasteiger charge is -2.18. The number of amides is 1. The van der Waals surface area contributed by atoms with Crippen LogP contribution in [0.1, 0.15) is 69.9 Å². The van der Waals surface area contributed by atoms with Crippen molar-refractivity contribution in [2.24, 2.45) is 17.8 Å². The SMILES string of the molecule is Cc1cccc(CCC=C[C@@H]2[C@H]3CC(CCCCC(=O)NC(C)C)=C[C@H]3C[C@H]2O)c1. The number of rotatable bonds is 10. The fourth-order valence-corrected chi connectivity index (χ4v) is 5.19. The molecular formula is C27H39NO2. The summed E-state index contributed by atoms with van der Waals surface area (Å²) in [4.78, 5) is 11.8. The standard InChI is InChI=1S/C27H39NO2/c1-19(2)28-27(30)14-7-5-11-22-16-23-18-26(29)24(25(23)17-22)13-6-4-10-21-12-8-9-20(3)15-21/h6,8-9,12-13,15-16,19,23-26,29H,4-5,7,10-11,14,17-18H2,1-3H3,(H,28,30)/t23-,24+,25-,26+/m0/s1. The summed E-state index contributed by atoms with van der Waals surface area (Å²) in [5, 5.41) is 13.5. The van der Waals surface area contributed by atoms with Crippen LogP contribution in [0.5, 0.6) is 0 Å². The van der Waals surface area contributed by atoms with Crippen molar-refractivity contribution in [1.82, 2.24) is 5.32 Å². The van der Waals surface area contributed by atoms with Gasteiger partial charge < -0.3 is 10.4 Å². The Morgan fingerprint density at radius 1 is 1.27 bits per heavy atom. The fourth-order valence-electron chi connectivity index (χ4n) is 5.19. The van der Waals surface area contributed by atoms with E-state index in [-0.39, 0.29) is 24.0 Å². The number of carbonyl (C=O) groups is 1. The number of fused-ring (bicyclic) bond motifs is 1. The zero-order chi connectivity index (χ0) is 21.5. The van der Waals surface area contributed by atoms with Crippen LogP contribution < -0.4 is 5.32 Å². The first-order valence-corrected chi connectivity index (χ1v) is 11.8. The number of aliphatic hydroxyl groups excluding tert-OH is 1. The van der Waals surface area contributed by atoms with Crippen LogP contribution in [0.25, 0.3) is 0 Å². The smallest absolute Gasteiger partial charge is 0.220 e. The lowest BCUT2D eigenvalue weighted by atomic mass is 9.88. The van der Waals surface area contributed by atoms with Gasteiger partial charge in [0, 0.05) is 18.4 Å². The molecule has 0 spiro atoms. The predicted molar refractivity (Wildman–Crippen MR) is 124 cm³/mol. The van der Waals surface area contributed by atoms with E-state index in [1.165, 1.54) is 11.1 Å². The van der Waals surface area contributed by atoms with Crippen molar-refractivity contribution in [1.29, 1.82) is 0 Å². The zero-order valence-corrected chi connectivity index (χ0v) is 18.9. The van der Waals surface area contributed by atoms with Gasteiger partial charge in [-0.2, -0.15) is 0 Å². The molecule has 1 fully saturated rings. The molecule has 0 aromatic heterocycles. The first-order chi connectivity index (χ1) is 14.4. The molecule has 0 heterocycles. The fraction of sp³-hybridized carbons (Fsp3) is 0.593. The van der Waals surface area contributed by atoms with E-state index in [4.69, 9.17) is 0 Å². The number of aryl methyl sites for hydroxylation is 2. The third-order valence-electron chi connectivity index (χ3n) is 6.59. The summed E-state index contributed by atoms with van der Waals surface area (Å²) in [6, 6.07) is 8.94. The van der Waals surface area contributed by atoms with Crippen LogP contribution >= 0.6 is 0 Å². The van der Waals surface area contributed by atoms with E-state index >= 15 is 0 Å². The first kappa shape index (κ1) is 22.8. The van der Waals surface area contributed by atoms with E-state index in [0.29, 0.717) is 18.3 Å². The van der Waals surface area contributed by atoms with Gasteiger partial charge in [0.2, 0.25) is 5.91 Å². The maximum Gasteiger partial charge on any atom is 0.220 e. The molecule has 3 rings (SSSR count). The number of benzene rings is 1. The summed E-state index contributed by atoms with van der Waals surface area (Å²) in [6.07, 6.45) is 14.7. The monoisotopic (exact) mass is 409 g/mol. The Hall–Kier alpha value is -1.87. The lowest BCUT2D eigenvalue weighted by Crippen LogP contribution is -2.29. The highest BCUT2D eigenvalue weighted by molar-refractivity contribution is 5.76. The molecule has 1 amide bonds. The molecule has 2 N–H and O–H groups in total. The molecule has 2 aliphatic carbocycles. The number of hydrogen-bond acceptors (Lipinski definition) is 2. The van der Waals surface area contributed by atoms with Crippen LogP contribution in [0.15, 0.2) is 48.1 Å². The highest BCUT2D eigenvalue weighted by atomic mass is 16.3. The highest BCUT2D eigenvalue weighted by Crippen LogP contribution is 2.48. The molecule has 3 heteroatoms. The van der Waals surface area contributed by atoms with Gasteiger partial charge in [0.05, 0.1) is 6.10 Å². The van der Waals surface area contributed by atoms with Gasteiger partial charge in [0.25, 0.3) is 0 Å². The van der Waals surface area contributed by atoms with Crippen LogP contribution in [-0.2, 0) is 11.2 Å². The molecule has 0 radical (unpaired) electrons. The Morgan fingerprint density at radius 2 is 2.10 bits per heavy atom. The van der Waals surface area contributed by atoms with Crippen LogP contribution in [0, 0.1) is 24.7 Å². The molecule has 0 bridgehead atoms. The quantitative estimate of drug-likeness (QED) is 0.395. The molecular weight excluding hydrogens is 370 g/mol. The largest absolute Gasteiger partial charge is 0.392 e. The number of aliphatic hydroxyl groups is 1. The lowest BCUT2D eigenvalue weighted by molar-refractivity contribution is -0.121. The van der Waals surface area contributed by atoms with Crippen molar-refractivity contribution >= 4 is 5.91 Å². The third-order valence-corrected chi connectivity index (χ3v) is 6.59. The second-order valence-electron chi connectivity index (χ2n) is 9.62. The highest BCUT2D eigenvalue weighted by Gasteiger charge is 2.43. The average Bonchev–Trinajstić information content (AvgIpc) is 3.19. The van der Waals surface area contributed by atoms with Crippen molar-refractivity contribution in [2.75, 3.05) is 0 Å². The number of allylic oxidation sites excluding steroid dienone is 3. The molecule has 0 unspecified atom stereocenters. The summed E-state index contributed by atoms with van der Waals surface area (Å²) >= 11 is 0. The van der Waals surface area contributed by atoms with Crippen molar-refractivity contribution in [3.63, 3.8) is 0 Å². The predicted octanol–water partition coefficient (Wildman–Crippen LogP) is 5.51. The Balaban J connectivity index is 1.40. The van der Waals surface area contributed by atoms with Crippen molar-refractivity contribution in [3.8, 4) is 0 Å². The van der Waals surface area contributed by atoms with Gasteiger partial charge in [-0.25, -0.2) is 0 Å². The normalized spacial score (nSPS) is 25.7. The maximum absolute atomic E-state index is 11.8. The second kappa shape index (κ2) is 10.9. The number of hydrogen-bond donors (Lipinski definition) is 2. The van der Waals surface area contributed by atoms with Gasteiger partial charge >= 0.3 is 0 Å². The topological polar surface area (TPSA) is 49.3 Å². The summed E-state index contributed by atoms with van der Waals surface area (Å²) in [5.74, 6) is 1.56. The van der Waals surface area contributed by atoms with Crippen molar-refractivity contribution in [3.05, 3.63) is 59.2 Å². The van der Waals surface area contributed by atoms with Gasteiger partial charge in [-0.05, 0) is 83.1 Å². The Bertz CT molecular complexity index is 764. The van der Waals surface area contributed by atoms with Crippen molar-refractivity contribution in [2.45, 2.75) is 84.3 Å². The molecule has 1 saturated carbocycles. The number of carbonyl (C=O) groups excluding carboxylic acids is 1. The number of nitrogens with one attached hydrogen (secondary N) is 1. The van der Waals surface area contributed by atoms with Crippen molar-refractivity contribution < 1.29 is 9.90 Å². The van der Waals surface area contributed by atoms with Crippen LogP contribution in [-0.4, -0.2) is 23.2 Å². The van der Waals surface area contributed by atoms with E-state index in [1.54, 1.807) is 5.57 Å². The molecule has 1 aromatic carbocycles. The number of unbranched alkanes of at least 4 members (excludes halogenated alkanes) is 1. The van der Waals surface area contributed by atoms with Gasteiger partial charge in [0.15, 0.2) is 0 Å². The van der Waals surface area contributed by atoms with E-state index in [2.05, 4.69) is 54.7 Å². The molecule has 2 aliphatic rings. The van der Waals surface area contributed by atoms with E-state index < -0.39 is 0 Å². The average molecular weight is 410 g/mol. The third kappa shape index (κ3) is 6.57. The molecule has 4 atom stereocenters. The van der Waals surface area contributed by atoms with Crippen LogP contribution in [0.3, 0.4) is 0 Å². The van der Waals surface area contributed by atoms with E-state index in [0.717, 1.165) is 44.9 Å². The minimum Gasteiger partial charge on any atom is -0.392 e. The molecule has 0 saturated heterocycles. The molecule has 0 aliphatic heterocycles. The molecule has 1 aromatic rings. The second-order valence-corrected chi connectivity index (χ2v) is 9.62. The minimum absolute atomic E-state index is 0.168. The van der Waals surface area contributed by atoms with Crippen LogP contribution in [0.4, 0.5) is 0 Å². The molecule has 30 heavy (non-hydrogen) atoms. The zero-order valence-electron chi connectivity index (χ0n) is 18.9. The van der Waals surface area contributed by atoms with Gasteiger partial charge in [-0.1, -0.05) is 53.6 Å². The summed E-state index contributed by atoms with van der Waals surface area (Å²) in [7, 11) is 0. The summed E-state index contributed by atoms with van der Waals surface area (Å²) < 4.78 is 0. The van der Waals surface area contributed by atoms with Gasteiger partial charge in [0.1, 0.15) is 0 Å². The summed E-state index contributed by atoms with van der Waals surface area (Å²) in [6.45, 7) is 6.14. The Labute approximate surface area is 182 Å². The maximum atomic E-state index is 11.8. The summed E-state index contributed by atoms with van der Waals surface area (Å²) in [5.41, 5.74) is 4.24. The van der Waals surface area contributed by atoms with E-state index in [9.17, 15) is 9.90 Å². The van der Waals surface area contributed by atoms with Gasteiger partial charge in [-0.15, -0.1) is 0 Å². The molecule has 3 nitrogen and oxygen atoms in total. The van der Waals surface area contributed by atoms with Crippen LogP contribution in [0.2, 0.25) is 0 Å². The Kier molecular flexibility index (Phi) is 8.32. The minimum atomic E-state index is -0.201. The van der Waals surface area contributed by atoms with Gasteiger partial charge in [-0.3, -0.25) is 4.79 Å². The molecule has 164 valence electrons. The first-order valence-electron chi connectivity index (χ1n) is 11.8. The Morgan fingerprint density at radius 3 is 2.87 bits per heavy atom.